The maximum Gasteiger partial charge on any atom is 0.303 e. The Bertz CT molecular complexity index is 1350. The normalized spacial score (nSPS) is 15.5. The Kier molecular flexibility index (Phi) is 7.05. The van der Waals surface area contributed by atoms with Gasteiger partial charge in [0, 0.05) is 30.3 Å². The van der Waals surface area contributed by atoms with E-state index in [2.05, 4.69) is 10.3 Å². The van der Waals surface area contributed by atoms with Crippen LogP contribution in [-0.2, 0) is 11.2 Å². The van der Waals surface area contributed by atoms with Crippen LogP contribution >= 0.6 is 0 Å². The topological polar surface area (TPSA) is 91.4 Å². The number of carboxylic acid groups (broad SMARTS) is 1. The third-order valence-electron chi connectivity index (χ3n) is 6.27. The molecule has 3 aromatic rings. The molecule has 1 aliphatic rings. The van der Waals surface area contributed by atoms with Crippen LogP contribution in [0.15, 0.2) is 59.7 Å². The molecule has 6 nitrogen and oxygen atoms in total. The smallest absolute Gasteiger partial charge is 0.303 e. The third kappa shape index (κ3) is 5.80. The number of aryl methyl sites for hydroxylation is 3. The van der Waals surface area contributed by atoms with E-state index in [4.69, 9.17) is 9.84 Å². The lowest BCUT2D eigenvalue weighted by molar-refractivity contribution is -0.136. The van der Waals surface area contributed by atoms with Gasteiger partial charge in [-0.05, 0) is 85.9 Å². The van der Waals surface area contributed by atoms with Crippen LogP contribution in [0.2, 0.25) is 0 Å². The molecule has 0 radical (unpaired) electrons. The summed E-state index contributed by atoms with van der Waals surface area (Å²) in [4.78, 5) is 26.8. The zero-order valence-corrected chi connectivity index (χ0v) is 20.1. The number of aromatic nitrogens is 1. The first-order valence-electron chi connectivity index (χ1n) is 11.6. The molecule has 1 amide bonds. The van der Waals surface area contributed by atoms with Crippen molar-refractivity contribution in [1.82, 2.24) is 10.3 Å². The second kappa shape index (κ2) is 10.2. The fourth-order valence-electron chi connectivity index (χ4n) is 4.46. The summed E-state index contributed by atoms with van der Waals surface area (Å²) in [5.74, 6) is -0.674. The summed E-state index contributed by atoms with van der Waals surface area (Å²) in [5, 5.41) is 12.6. The van der Waals surface area contributed by atoms with Crippen LogP contribution in [0.4, 0.5) is 4.39 Å². The molecule has 0 fully saturated rings. The average Bonchev–Trinajstić information content (AvgIpc) is 3.12. The van der Waals surface area contributed by atoms with Gasteiger partial charge in [0.1, 0.15) is 23.4 Å². The van der Waals surface area contributed by atoms with Gasteiger partial charge in [0.2, 0.25) is 0 Å². The number of aliphatic carboxylic acids is 1. The first-order chi connectivity index (χ1) is 16.7. The van der Waals surface area contributed by atoms with Crippen LogP contribution in [0.5, 0.6) is 5.75 Å². The zero-order chi connectivity index (χ0) is 25.1. The molecule has 0 spiro atoms. The second-order valence-electron chi connectivity index (χ2n) is 9.07. The summed E-state index contributed by atoms with van der Waals surface area (Å²) >= 11 is 0. The van der Waals surface area contributed by atoms with Crippen molar-refractivity contribution < 1.29 is 23.8 Å². The van der Waals surface area contributed by atoms with Crippen LogP contribution in [0.1, 0.15) is 46.9 Å². The number of H-pyrrole nitrogens is 1. The molecular weight excluding hydrogens is 447 g/mol. The van der Waals surface area contributed by atoms with E-state index in [0.717, 1.165) is 40.0 Å². The number of fused-ring (bicyclic) bond motifs is 1. The molecular formula is C28H29FN2O4. The third-order valence-corrected chi connectivity index (χ3v) is 6.27. The summed E-state index contributed by atoms with van der Waals surface area (Å²) in [6.45, 7) is 6.12. The minimum atomic E-state index is -0.812. The Balaban J connectivity index is 1.41. The van der Waals surface area contributed by atoms with Crippen LogP contribution in [-0.4, -0.2) is 34.6 Å². The molecule has 7 heteroatoms. The van der Waals surface area contributed by atoms with Crippen molar-refractivity contribution in [3.8, 4) is 5.75 Å². The van der Waals surface area contributed by atoms with Crippen LogP contribution in [0.3, 0.4) is 0 Å². The molecule has 0 bridgehead atoms. The minimum Gasteiger partial charge on any atom is -0.486 e. The summed E-state index contributed by atoms with van der Waals surface area (Å²) in [6, 6.07) is 10.1. The SMILES string of the molecule is CC1=CC(CNC(=O)c2[nH]c3ccc(F)cc3c2C)=CC(Oc2ccc(CCC(=O)O)c(C)c2)C1. The van der Waals surface area contributed by atoms with Gasteiger partial charge in [0.15, 0.2) is 0 Å². The Morgan fingerprint density at radius 2 is 1.97 bits per heavy atom. The number of halogens is 1. The van der Waals surface area contributed by atoms with Crippen molar-refractivity contribution in [1.29, 1.82) is 0 Å². The highest BCUT2D eigenvalue weighted by Gasteiger charge is 2.18. The minimum absolute atomic E-state index is 0.0976. The van der Waals surface area contributed by atoms with E-state index in [0.29, 0.717) is 29.6 Å². The molecule has 1 atom stereocenters. The van der Waals surface area contributed by atoms with E-state index in [1.54, 1.807) is 13.0 Å². The number of benzene rings is 2. The molecule has 0 saturated heterocycles. The molecule has 4 rings (SSSR count). The van der Waals surface area contributed by atoms with Crippen molar-refractivity contribution in [2.45, 2.75) is 46.1 Å². The fraction of sp³-hybridized carbons (Fsp3) is 0.286. The zero-order valence-electron chi connectivity index (χ0n) is 20.1. The van der Waals surface area contributed by atoms with Crippen LogP contribution in [0, 0.1) is 19.7 Å². The molecule has 0 saturated carbocycles. The van der Waals surface area contributed by atoms with Gasteiger partial charge in [0.25, 0.3) is 5.91 Å². The Morgan fingerprint density at radius 3 is 2.71 bits per heavy atom. The number of nitrogens with one attached hydrogen (secondary N) is 2. The first-order valence-corrected chi connectivity index (χ1v) is 11.6. The highest BCUT2D eigenvalue weighted by Crippen LogP contribution is 2.26. The van der Waals surface area contributed by atoms with Crippen LogP contribution < -0.4 is 10.1 Å². The number of aromatic amines is 1. The lowest BCUT2D eigenvalue weighted by atomic mass is 9.98. The van der Waals surface area contributed by atoms with Crippen molar-refractivity contribution in [3.05, 3.63) is 87.9 Å². The molecule has 35 heavy (non-hydrogen) atoms. The first kappa shape index (κ1) is 24.3. The maximum absolute atomic E-state index is 13.6. The number of carboxylic acids is 1. The summed E-state index contributed by atoms with van der Waals surface area (Å²) in [6.07, 6.45) is 5.21. The van der Waals surface area contributed by atoms with Crippen molar-refractivity contribution in [2.24, 2.45) is 0 Å². The van der Waals surface area contributed by atoms with Gasteiger partial charge >= 0.3 is 5.97 Å². The van der Waals surface area contributed by atoms with Gasteiger partial charge in [0.05, 0.1) is 0 Å². The lowest BCUT2D eigenvalue weighted by Gasteiger charge is -2.22. The molecule has 1 unspecified atom stereocenters. The maximum atomic E-state index is 13.6. The van der Waals surface area contributed by atoms with E-state index < -0.39 is 5.97 Å². The summed E-state index contributed by atoms with van der Waals surface area (Å²) in [5.41, 5.74) is 5.94. The van der Waals surface area contributed by atoms with Gasteiger partial charge in [-0.15, -0.1) is 0 Å². The molecule has 1 aromatic heterocycles. The number of hydrogen-bond donors (Lipinski definition) is 3. The largest absolute Gasteiger partial charge is 0.486 e. The van der Waals surface area contributed by atoms with E-state index in [-0.39, 0.29) is 24.2 Å². The number of rotatable bonds is 8. The number of ether oxygens (including phenoxy) is 1. The van der Waals surface area contributed by atoms with Gasteiger partial charge in [-0.2, -0.15) is 0 Å². The van der Waals surface area contributed by atoms with Gasteiger partial charge in [-0.1, -0.05) is 17.7 Å². The predicted molar refractivity (Wildman–Crippen MR) is 133 cm³/mol. The molecule has 0 aliphatic heterocycles. The van der Waals surface area contributed by atoms with E-state index in [1.165, 1.54) is 12.1 Å². The van der Waals surface area contributed by atoms with Crippen molar-refractivity contribution >= 4 is 22.8 Å². The number of hydrogen-bond acceptors (Lipinski definition) is 3. The molecule has 3 N–H and O–H groups in total. The van der Waals surface area contributed by atoms with Gasteiger partial charge < -0.3 is 20.1 Å². The van der Waals surface area contributed by atoms with E-state index in [9.17, 15) is 14.0 Å². The van der Waals surface area contributed by atoms with E-state index in [1.807, 2.05) is 44.2 Å². The molecule has 2 aromatic carbocycles. The van der Waals surface area contributed by atoms with Crippen molar-refractivity contribution in [2.75, 3.05) is 6.54 Å². The Labute approximate surface area is 203 Å². The van der Waals surface area contributed by atoms with Crippen molar-refractivity contribution in [3.63, 3.8) is 0 Å². The number of amides is 1. The second-order valence-corrected chi connectivity index (χ2v) is 9.07. The fourth-order valence-corrected chi connectivity index (χ4v) is 4.46. The van der Waals surface area contributed by atoms with E-state index >= 15 is 0 Å². The standard InChI is InChI=1S/C28H29FN2O4/c1-16-10-19(15-30-28(34)27-18(3)24-14-21(29)6-8-25(24)31-27)13-23(11-16)35-22-7-4-20(17(2)12-22)5-9-26(32)33/h4,6-8,10,12-14,23,31H,5,9,11,15H2,1-3H3,(H,30,34)(H,32,33). The molecule has 182 valence electrons. The van der Waals surface area contributed by atoms with Gasteiger partial charge in [-0.25, -0.2) is 4.39 Å². The molecule has 1 heterocycles. The highest BCUT2D eigenvalue weighted by atomic mass is 19.1. The summed E-state index contributed by atoms with van der Waals surface area (Å²) in [7, 11) is 0. The monoisotopic (exact) mass is 476 g/mol. The number of carbonyl (C=O) groups is 2. The Hall–Kier alpha value is -3.87. The predicted octanol–water partition coefficient (Wildman–Crippen LogP) is 5.39. The highest BCUT2D eigenvalue weighted by molar-refractivity contribution is 6.01. The average molecular weight is 477 g/mol. The van der Waals surface area contributed by atoms with Crippen LogP contribution in [0.25, 0.3) is 10.9 Å². The quantitative estimate of drug-likeness (QED) is 0.406. The molecule has 1 aliphatic carbocycles. The number of carbonyl (C=O) groups excluding carboxylic acids is 1. The van der Waals surface area contributed by atoms with Gasteiger partial charge in [-0.3, -0.25) is 9.59 Å². The summed E-state index contributed by atoms with van der Waals surface area (Å²) < 4.78 is 19.8. The lowest BCUT2D eigenvalue weighted by Crippen LogP contribution is -2.28. The Morgan fingerprint density at radius 1 is 1.17 bits per heavy atom.